The van der Waals surface area contributed by atoms with Crippen molar-refractivity contribution in [3.8, 4) is 0 Å². The molecule has 3 aliphatic heterocycles. The smallest absolute Gasteiger partial charge is 0.139 e. The molecule has 4 rings (SSSR count). The van der Waals surface area contributed by atoms with Gasteiger partial charge in [-0.1, -0.05) is 0 Å². The van der Waals surface area contributed by atoms with Crippen LogP contribution in [0, 0.1) is 0 Å². The Morgan fingerprint density at radius 2 is 2.10 bits per heavy atom. The molecule has 112 valence electrons. The quantitative estimate of drug-likeness (QED) is 0.782. The molecule has 0 radical (unpaired) electrons. The molecule has 0 aliphatic carbocycles. The van der Waals surface area contributed by atoms with Crippen molar-refractivity contribution in [3.63, 3.8) is 0 Å². The monoisotopic (exact) mass is 302 g/mol. The fourth-order valence-electron chi connectivity index (χ4n) is 4.05. The molecule has 1 spiro atoms. The fourth-order valence-corrected chi connectivity index (χ4v) is 5.58. The number of thioether (sulfide) groups is 1. The predicted molar refractivity (Wildman–Crippen MR) is 87.6 cm³/mol. The molecule has 0 bridgehead atoms. The van der Waals surface area contributed by atoms with Crippen molar-refractivity contribution in [2.24, 2.45) is 0 Å². The van der Waals surface area contributed by atoms with Gasteiger partial charge in [0.05, 0.1) is 6.54 Å². The number of carbonyl (C=O) groups excluding carboxylic acids is 1. The Balaban J connectivity index is 1.72. The second kappa shape index (κ2) is 5.03. The minimum Gasteiger partial charge on any atom is -0.364 e. The zero-order valence-corrected chi connectivity index (χ0v) is 13.4. The van der Waals surface area contributed by atoms with Gasteiger partial charge in [0, 0.05) is 28.3 Å². The van der Waals surface area contributed by atoms with Crippen LogP contribution in [-0.4, -0.2) is 50.2 Å². The summed E-state index contributed by atoms with van der Waals surface area (Å²) in [5.41, 5.74) is 4.71. The van der Waals surface area contributed by atoms with Gasteiger partial charge < -0.3 is 14.6 Å². The highest BCUT2D eigenvalue weighted by Crippen LogP contribution is 2.51. The van der Waals surface area contributed by atoms with Crippen molar-refractivity contribution in [1.82, 2.24) is 4.90 Å². The number of hydrogen-bond donors (Lipinski definition) is 0. The molecule has 1 saturated heterocycles. The number of nitrogens with zero attached hydrogens (tertiary/aromatic N) is 2. The molecule has 3 heterocycles. The van der Waals surface area contributed by atoms with Crippen molar-refractivity contribution in [2.75, 3.05) is 43.9 Å². The van der Waals surface area contributed by atoms with Crippen molar-refractivity contribution in [1.29, 1.82) is 0 Å². The van der Waals surface area contributed by atoms with Crippen LogP contribution in [-0.2, 0) is 16.6 Å². The Kier molecular flexibility index (Phi) is 3.27. The summed E-state index contributed by atoms with van der Waals surface area (Å²) in [6.45, 7) is 3.94. The molecule has 0 saturated carbocycles. The maximum absolute atomic E-state index is 10.9. The third-order valence-corrected chi connectivity index (χ3v) is 6.83. The topological polar surface area (TPSA) is 23.6 Å². The van der Waals surface area contributed by atoms with Crippen LogP contribution in [0.15, 0.2) is 17.0 Å². The zero-order valence-electron chi connectivity index (χ0n) is 12.6. The van der Waals surface area contributed by atoms with Crippen LogP contribution in [0.1, 0.15) is 24.0 Å². The first-order valence-electron chi connectivity index (χ1n) is 7.89. The van der Waals surface area contributed by atoms with Gasteiger partial charge in [0.2, 0.25) is 0 Å². The lowest BCUT2D eigenvalue weighted by atomic mass is 9.74. The SMILES string of the molecule is CN1CCC2(CC1)CSc1cc3c(cc12)N(CC=O)CC3. The highest BCUT2D eigenvalue weighted by molar-refractivity contribution is 7.99. The van der Waals surface area contributed by atoms with Crippen molar-refractivity contribution in [2.45, 2.75) is 29.6 Å². The molecule has 21 heavy (non-hydrogen) atoms. The van der Waals surface area contributed by atoms with Crippen LogP contribution in [0.5, 0.6) is 0 Å². The van der Waals surface area contributed by atoms with Gasteiger partial charge in [0.25, 0.3) is 0 Å². The summed E-state index contributed by atoms with van der Waals surface area (Å²) in [4.78, 5) is 17.1. The first kappa shape index (κ1) is 13.6. The van der Waals surface area contributed by atoms with Crippen LogP contribution in [0.4, 0.5) is 5.69 Å². The molecular weight excluding hydrogens is 280 g/mol. The Labute approximate surface area is 130 Å². The summed E-state index contributed by atoms with van der Waals surface area (Å²) >= 11 is 2.05. The van der Waals surface area contributed by atoms with E-state index >= 15 is 0 Å². The second-order valence-electron chi connectivity index (χ2n) is 6.71. The maximum atomic E-state index is 10.9. The number of likely N-dealkylation sites (tertiary alicyclic amines) is 1. The number of aldehydes is 1. The molecule has 0 atom stereocenters. The Morgan fingerprint density at radius 3 is 2.86 bits per heavy atom. The van der Waals surface area contributed by atoms with Crippen molar-refractivity contribution >= 4 is 23.7 Å². The van der Waals surface area contributed by atoms with E-state index in [4.69, 9.17) is 0 Å². The molecule has 0 unspecified atom stereocenters. The molecular formula is C17H22N2OS. The standard InChI is InChI=1S/C17H22N2OS/c1-18-6-3-17(4-7-18)12-21-16-10-13-2-5-19(8-9-20)15(13)11-14(16)17/h9-11H,2-8,12H2,1H3. The summed E-state index contributed by atoms with van der Waals surface area (Å²) in [5.74, 6) is 1.24. The van der Waals surface area contributed by atoms with E-state index in [1.165, 1.54) is 47.8 Å². The lowest BCUT2D eigenvalue weighted by molar-refractivity contribution is -0.106. The Bertz CT molecular complexity index is 578. The van der Waals surface area contributed by atoms with E-state index in [9.17, 15) is 4.79 Å². The zero-order chi connectivity index (χ0) is 14.4. The summed E-state index contributed by atoms with van der Waals surface area (Å²) in [5, 5.41) is 0. The number of fused-ring (bicyclic) bond motifs is 3. The number of anilines is 1. The van der Waals surface area contributed by atoms with Gasteiger partial charge in [-0.3, -0.25) is 0 Å². The van der Waals surface area contributed by atoms with Gasteiger partial charge in [0.1, 0.15) is 6.29 Å². The van der Waals surface area contributed by atoms with Gasteiger partial charge >= 0.3 is 0 Å². The molecule has 1 aromatic rings. The van der Waals surface area contributed by atoms with Gasteiger partial charge in [-0.15, -0.1) is 11.8 Å². The van der Waals surface area contributed by atoms with Crippen molar-refractivity contribution < 1.29 is 4.79 Å². The molecule has 4 heteroatoms. The van der Waals surface area contributed by atoms with Crippen LogP contribution >= 0.6 is 11.8 Å². The second-order valence-corrected chi connectivity index (χ2v) is 7.73. The minimum atomic E-state index is 0.386. The number of carbonyl (C=O) groups is 1. The average molecular weight is 302 g/mol. The fraction of sp³-hybridized carbons (Fsp3) is 0.588. The Hall–Kier alpha value is -1.00. The summed E-state index contributed by atoms with van der Waals surface area (Å²) < 4.78 is 0. The van der Waals surface area contributed by atoms with Crippen LogP contribution in [0.2, 0.25) is 0 Å². The molecule has 0 aromatic heterocycles. The number of rotatable bonds is 2. The number of piperidine rings is 1. The lowest BCUT2D eigenvalue weighted by Crippen LogP contribution is -2.41. The summed E-state index contributed by atoms with van der Waals surface area (Å²) in [7, 11) is 2.23. The van der Waals surface area contributed by atoms with Crippen LogP contribution in [0.25, 0.3) is 0 Å². The normalized spacial score (nSPS) is 23.4. The average Bonchev–Trinajstić information content (AvgIpc) is 3.04. The lowest BCUT2D eigenvalue weighted by Gasteiger charge is -2.38. The van der Waals surface area contributed by atoms with Gasteiger partial charge in [-0.2, -0.15) is 0 Å². The highest BCUT2D eigenvalue weighted by Gasteiger charge is 2.42. The van der Waals surface area contributed by atoms with Gasteiger partial charge in [0.15, 0.2) is 0 Å². The molecule has 0 N–H and O–H groups in total. The van der Waals surface area contributed by atoms with Gasteiger partial charge in [-0.25, -0.2) is 0 Å². The van der Waals surface area contributed by atoms with E-state index in [1.54, 1.807) is 5.56 Å². The third kappa shape index (κ3) is 2.11. The van der Waals surface area contributed by atoms with E-state index in [-0.39, 0.29) is 0 Å². The minimum absolute atomic E-state index is 0.386. The van der Waals surface area contributed by atoms with Gasteiger partial charge in [-0.05, 0) is 62.7 Å². The predicted octanol–water partition coefficient (Wildman–Crippen LogP) is 2.32. The van der Waals surface area contributed by atoms with E-state index in [2.05, 4.69) is 29.0 Å². The third-order valence-electron chi connectivity index (χ3n) is 5.49. The first-order chi connectivity index (χ1) is 10.2. The number of benzene rings is 1. The van der Waals surface area contributed by atoms with E-state index in [1.807, 2.05) is 11.8 Å². The molecule has 1 aromatic carbocycles. The van der Waals surface area contributed by atoms with Crippen LogP contribution < -0.4 is 4.90 Å². The van der Waals surface area contributed by atoms with Crippen LogP contribution in [0.3, 0.4) is 0 Å². The van der Waals surface area contributed by atoms with E-state index in [0.717, 1.165) is 19.3 Å². The Morgan fingerprint density at radius 1 is 1.29 bits per heavy atom. The first-order valence-corrected chi connectivity index (χ1v) is 8.88. The molecule has 1 fully saturated rings. The van der Waals surface area contributed by atoms with Crippen molar-refractivity contribution in [3.05, 3.63) is 23.3 Å². The largest absolute Gasteiger partial charge is 0.364 e. The molecule has 3 aliphatic rings. The van der Waals surface area contributed by atoms with E-state index in [0.29, 0.717) is 12.0 Å². The number of hydrogen-bond acceptors (Lipinski definition) is 4. The summed E-state index contributed by atoms with van der Waals surface area (Å²) in [6.07, 6.45) is 4.67. The summed E-state index contributed by atoms with van der Waals surface area (Å²) in [6, 6.07) is 4.83. The molecule has 3 nitrogen and oxygen atoms in total. The maximum Gasteiger partial charge on any atom is 0.139 e. The van der Waals surface area contributed by atoms with E-state index < -0.39 is 0 Å². The molecule has 0 amide bonds. The highest BCUT2D eigenvalue weighted by atomic mass is 32.2.